The number of oxazole rings is 1. The van der Waals surface area contributed by atoms with E-state index in [0.29, 0.717) is 31.3 Å². The molecule has 72 valence electrons. The Bertz CT molecular complexity index is 267. The standard InChI is InChI=1S/C8H11NO4/c10-3-6-8(13-5-9-6)7-4-11-1-2-12-7/h5,7,10H,1-4H2. The van der Waals surface area contributed by atoms with E-state index in [1.165, 1.54) is 6.39 Å². The third kappa shape index (κ3) is 1.72. The first-order valence-electron chi connectivity index (χ1n) is 4.14. The molecule has 1 aromatic heterocycles. The van der Waals surface area contributed by atoms with E-state index in [1.54, 1.807) is 0 Å². The van der Waals surface area contributed by atoms with Crippen LogP contribution >= 0.6 is 0 Å². The van der Waals surface area contributed by atoms with Gasteiger partial charge >= 0.3 is 0 Å². The summed E-state index contributed by atoms with van der Waals surface area (Å²) < 4.78 is 15.7. The topological polar surface area (TPSA) is 64.7 Å². The number of aliphatic hydroxyl groups is 1. The fourth-order valence-electron chi connectivity index (χ4n) is 1.30. The summed E-state index contributed by atoms with van der Waals surface area (Å²) in [6.45, 7) is 1.49. The molecule has 0 saturated carbocycles. The first-order chi connectivity index (χ1) is 6.42. The molecular formula is C8H11NO4. The summed E-state index contributed by atoms with van der Waals surface area (Å²) in [5.74, 6) is 0.571. The number of hydrogen-bond donors (Lipinski definition) is 1. The van der Waals surface area contributed by atoms with E-state index < -0.39 is 0 Å². The first-order valence-corrected chi connectivity index (χ1v) is 4.14. The van der Waals surface area contributed by atoms with Gasteiger partial charge in [-0.1, -0.05) is 0 Å². The second kappa shape index (κ2) is 3.87. The average Bonchev–Trinajstić information content (AvgIpc) is 2.67. The van der Waals surface area contributed by atoms with Gasteiger partial charge in [0.2, 0.25) is 0 Å². The Morgan fingerprint density at radius 1 is 1.54 bits per heavy atom. The van der Waals surface area contributed by atoms with Crippen molar-refractivity contribution in [2.75, 3.05) is 19.8 Å². The molecular weight excluding hydrogens is 174 g/mol. The van der Waals surface area contributed by atoms with E-state index in [0.717, 1.165) is 0 Å². The van der Waals surface area contributed by atoms with E-state index in [2.05, 4.69) is 4.98 Å². The fraction of sp³-hybridized carbons (Fsp3) is 0.625. The van der Waals surface area contributed by atoms with Gasteiger partial charge in [-0.05, 0) is 0 Å². The van der Waals surface area contributed by atoms with Crippen molar-refractivity contribution in [1.82, 2.24) is 4.98 Å². The quantitative estimate of drug-likeness (QED) is 0.715. The molecule has 1 aliphatic heterocycles. The molecule has 2 heterocycles. The van der Waals surface area contributed by atoms with Crippen molar-refractivity contribution in [3.8, 4) is 0 Å². The molecule has 5 nitrogen and oxygen atoms in total. The van der Waals surface area contributed by atoms with Crippen LogP contribution in [-0.2, 0) is 16.1 Å². The molecule has 1 fully saturated rings. The van der Waals surface area contributed by atoms with E-state index in [9.17, 15) is 0 Å². The maximum atomic E-state index is 8.92. The molecule has 1 unspecified atom stereocenters. The van der Waals surface area contributed by atoms with Gasteiger partial charge < -0.3 is 19.0 Å². The number of aliphatic hydroxyl groups excluding tert-OH is 1. The van der Waals surface area contributed by atoms with Crippen molar-refractivity contribution in [2.45, 2.75) is 12.7 Å². The predicted molar refractivity (Wildman–Crippen MR) is 41.9 cm³/mol. The monoisotopic (exact) mass is 185 g/mol. The second-order valence-corrected chi connectivity index (χ2v) is 2.76. The number of rotatable bonds is 2. The van der Waals surface area contributed by atoms with Crippen LogP contribution in [0.4, 0.5) is 0 Å². The van der Waals surface area contributed by atoms with Gasteiger partial charge in [-0.2, -0.15) is 0 Å². The van der Waals surface area contributed by atoms with Gasteiger partial charge in [-0.3, -0.25) is 0 Å². The van der Waals surface area contributed by atoms with Crippen LogP contribution in [0, 0.1) is 0 Å². The molecule has 0 radical (unpaired) electrons. The molecule has 0 amide bonds. The summed E-state index contributed by atoms with van der Waals surface area (Å²) in [7, 11) is 0. The maximum absolute atomic E-state index is 8.92. The minimum Gasteiger partial charge on any atom is -0.445 e. The minimum atomic E-state index is -0.224. The van der Waals surface area contributed by atoms with Gasteiger partial charge in [-0.25, -0.2) is 4.98 Å². The zero-order chi connectivity index (χ0) is 9.10. The Morgan fingerprint density at radius 3 is 3.15 bits per heavy atom. The zero-order valence-electron chi connectivity index (χ0n) is 7.10. The normalized spacial score (nSPS) is 23.3. The highest BCUT2D eigenvalue weighted by Gasteiger charge is 2.23. The molecule has 0 aliphatic carbocycles. The number of nitrogens with zero attached hydrogens (tertiary/aromatic N) is 1. The van der Waals surface area contributed by atoms with Crippen molar-refractivity contribution in [3.05, 3.63) is 17.8 Å². The molecule has 0 spiro atoms. The van der Waals surface area contributed by atoms with Crippen LogP contribution in [0.15, 0.2) is 10.8 Å². The minimum absolute atomic E-state index is 0.133. The van der Waals surface area contributed by atoms with Crippen LogP contribution in [0.5, 0.6) is 0 Å². The molecule has 1 atom stereocenters. The third-order valence-electron chi connectivity index (χ3n) is 1.93. The highest BCUT2D eigenvalue weighted by Crippen LogP contribution is 2.23. The van der Waals surface area contributed by atoms with Crippen molar-refractivity contribution >= 4 is 0 Å². The largest absolute Gasteiger partial charge is 0.445 e. The fourth-order valence-corrected chi connectivity index (χ4v) is 1.30. The lowest BCUT2D eigenvalue weighted by Crippen LogP contribution is -2.22. The highest BCUT2D eigenvalue weighted by molar-refractivity contribution is 5.09. The Balaban J connectivity index is 2.13. The van der Waals surface area contributed by atoms with Gasteiger partial charge in [0.15, 0.2) is 12.2 Å². The van der Waals surface area contributed by atoms with Gasteiger partial charge in [0, 0.05) is 0 Å². The molecule has 0 aromatic carbocycles. The Morgan fingerprint density at radius 2 is 2.46 bits per heavy atom. The first kappa shape index (κ1) is 8.68. The van der Waals surface area contributed by atoms with Gasteiger partial charge in [0.25, 0.3) is 0 Å². The second-order valence-electron chi connectivity index (χ2n) is 2.76. The van der Waals surface area contributed by atoms with Crippen molar-refractivity contribution in [2.24, 2.45) is 0 Å². The SMILES string of the molecule is OCc1ncoc1C1COCCO1. The molecule has 1 aromatic rings. The summed E-state index contributed by atoms with van der Waals surface area (Å²) >= 11 is 0. The lowest BCUT2D eigenvalue weighted by atomic mass is 10.2. The Kier molecular flexibility index (Phi) is 2.58. The summed E-state index contributed by atoms with van der Waals surface area (Å²) in [5.41, 5.74) is 0.524. The smallest absolute Gasteiger partial charge is 0.181 e. The van der Waals surface area contributed by atoms with Crippen LogP contribution in [0.3, 0.4) is 0 Å². The molecule has 1 N–H and O–H groups in total. The third-order valence-corrected chi connectivity index (χ3v) is 1.93. The Hall–Kier alpha value is -0.910. The summed E-state index contributed by atoms with van der Waals surface area (Å²) in [6.07, 6.45) is 1.08. The van der Waals surface area contributed by atoms with Crippen molar-refractivity contribution in [3.63, 3.8) is 0 Å². The van der Waals surface area contributed by atoms with E-state index in [1.807, 2.05) is 0 Å². The highest BCUT2D eigenvalue weighted by atomic mass is 16.6. The summed E-state index contributed by atoms with van der Waals surface area (Å²) in [4.78, 5) is 3.86. The van der Waals surface area contributed by atoms with E-state index in [-0.39, 0.29) is 12.7 Å². The molecule has 5 heteroatoms. The summed E-state index contributed by atoms with van der Waals surface area (Å²) in [5, 5.41) is 8.92. The molecule has 1 aliphatic rings. The number of hydrogen-bond acceptors (Lipinski definition) is 5. The van der Waals surface area contributed by atoms with E-state index >= 15 is 0 Å². The Labute approximate surface area is 75.3 Å². The van der Waals surface area contributed by atoms with Crippen molar-refractivity contribution < 1.29 is 19.0 Å². The van der Waals surface area contributed by atoms with Gasteiger partial charge in [0.05, 0.1) is 26.4 Å². The van der Waals surface area contributed by atoms with Crippen molar-refractivity contribution in [1.29, 1.82) is 0 Å². The van der Waals surface area contributed by atoms with Crippen LogP contribution in [0.2, 0.25) is 0 Å². The number of aromatic nitrogens is 1. The average molecular weight is 185 g/mol. The zero-order valence-corrected chi connectivity index (χ0v) is 7.10. The summed E-state index contributed by atoms with van der Waals surface area (Å²) in [6, 6.07) is 0. The lowest BCUT2D eigenvalue weighted by molar-refractivity contribution is -0.0982. The van der Waals surface area contributed by atoms with Crippen LogP contribution in [0.25, 0.3) is 0 Å². The van der Waals surface area contributed by atoms with Crippen LogP contribution in [-0.4, -0.2) is 29.9 Å². The lowest BCUT2D eigenvalue weighted by Gasteiger charge is -2.21. The predicted octanol–water partition coefficient (Wildman–Crippen LogP) is 0.255. The maximum Gasteiger partial charge on any atom is 0.181 e. The van der Waals surface area contributed by atoms with Crippen LogP contribution < -0.4 is 0 Å². The molecule has 13 heavy (non-hydrogen) atoms. The van der Waals surface area contributed by atoms with Crippen LogP contribution in [0.1, 0.15) is 17.6 Å². The number of ether oxygens (including phenoxy) is 2. The molecule has 1 saturated heterocycles. The van der Waals surface area contributed by atoms with E-state index in [4.69, 9.17) is 19.0 Å². The van der Waals surface area contributed by atoms with Gasteiger partial charge in [-0.15, -0.1) is 0 Å². The molecule has 0 bridgehead atoms. The molecule has 2 rings (SSSR count). The van der Waals surface area contributed by atoms with Gasteiger partial charge in [0.1, 0.15) is 11.8 Å².